The highest BCUT2D eigenvalue weighted by Crippen LogP contribution is 2.30. The zero-order valence-corrected chi connectivity index (χ0v) is 12.8. The van der Waals surface area contributed by atoms with Crippen LogP contribution in [0.15, 0.2) is 18.2 Å². The first-order chi connectivity index (χ1) is 9.74. The number of rotatable bonds is 6. The van der Waals surface area contributed by atoms with Crippen LogP contribution in [0.1, 0.15) is 12.5 Å². The molecule has 0 unspecified atom stereocenters. The van der Waals surface area contributed by atoms with Crippen LogP contribution in [-0.4, -0.2) is 37.7 Å². The fraction of sp³-hybridized carbons (Fsp3) is 0.533. The molecule has 1 N–H and O–H groups in total. The van der Waals surface area contributed by atoms with Crippen LogP contribution >= 0.6 is 11.8 Å². The van der Waals surface area contributed by atoms with Crippen LogP contribution in [0.2, 0.25) is 0 Å². The normalized spacial score (nSPS) is 17.0. The summed E-state index contributed by atoms with van der Waals surface area (Å²) in [5.41, 5.74) is 1.07. The summed E-state index contributed by atoms with van der Waals surface area (Å²) in [5, 5.41) is 2.98. The molecule has 0 spiro atoms. The standard InChI is InChI=1S/C15H21NO3S/c1-3-20-7-6-16-15(17)12-8-11-4-5-13(18-2)9-14(11)19-10-12/h4-5,9,12H,3,6-8,10H2,1-2H3,(H,16,17)/t12-/m0/s1. The second-order valence-electron chi connectivity index (χ2n) is 4.67. The molecule has 1 aromatic carbocycles. The van der Waals surface area contributed by atoms with Gasteiger partial charge in [-0.2, -0.15) is 11.8 Å². The molecule has 0 saturated carbocycles. The summed E-state index contributed by atoms with van der Waals surface area (Å²) in [6, 6.07) is 5.75. The van der Waals surface area contributed by atoms with E-state index < -0.39 is 0 Å². The highest BCUT2D eigenvalue weighted by Gasteiger charge is 2.25. The number of carbonyl (C=O) groups excluding carboxylic acids is 1. The molecular weight excluding hydrogens is 274 g/mol. The van der Waals surface area contributed by atoms with Gasteiger partial charge in [0.05, 0.1) is 13.0 Å². The Hall–Kier alpha value is -1.36. The van der Waals surface area contributed by atoms with Crippen molar-refractivity contribution >= 4 is 17.7 Å². The van der Waals surface area contributed by atoms with Gasteiger partial charge in [0.1, 0.15) is 18.1 Å². The summed E-state index contributed by atoms with van der Waals surface area (Å²) < 4.78 is 10.9. The van der Waals surface area contributed by atoms with Gasteiger partial charge in [0, 0.05) is 18.4 Å². The lowest BCUT2D eigenvalue weighted by Crippen LogP contribution is -2.38. The SMILES string of the molecule is CCSCCNC(=O)[C@@H]1COc2cc(OC)ccc2C1. The Morgan fingerprint density at radius 1 is 1.55 bits per heavy atom. The number of fused-ring (bicyclic) bond motifs is 1. The maximum atomic E-state index is 12.1. The average molecular weight is 295 g/mol. The number of hydrogen-bond acceptors (Lipinski definition) is 4. The fourth-order valence-electron chi connectivity index (χ4n) is 2.18. The van der Waals surface area contributed by atoms with Crippen molar-refractivity contribution in [2.75, 3.05) is 31.8 Å². The number of ether oxygens (including phenoxy) is 2. The van der Waals surface area contributed by atoms with E-state index >= 15 is 0 Å². The Bertz CT molecular complexity index is 464. The Kier molecular flexibility index (Phi) is 5.59. The van der Waals surface area contributed by atoms with E-state index in [4.69, 9.17) is 9.47 Å². The van der Waals surface area contributed by atoms with E-state index in [1.165, 1.54) is 0 Å². The number of benzene rings is 1. The number of methoxy groups -OCH3 is 1. The topological polar surface area (TPSA) is 47.6 Å². The third kappa shape index (κ3) is 3.82. The zero-order chi connectivity index (χ0) is 14.4. The van der Waals surface area contributed by atoms with Gasteiger partial charge in [-0.15, -0.1) is 0 Å². The first-order valence-electron chi connectivity index (χ1n) is 6.89. The summed E-state index contributed by atoms with van der Waals surface area (Å²) in [7, 11) is 1.63. The second-order valence-corrected chi connectivity index (χ2v) is 6.07. The molecule has 1 amide bonds. The molecule has 0 fully saturated rings. The van der Waals surface area contributed by atoms with E-state index in [0.717, 1.165) is 41.5 Å². The van der Waals surface area contributed by atoms with Gasteiger partial charge in [-0.1, -0.05) is 13.0 Å². The van der Waals surface area contributed by atoms with Crippen molar-refractivity contribution in [1.82, 2.24) is 5.32 Å². The minimum absolute atomic E-state index is 0.0863. The summed E-state index contributed by atoms with van der Waals surface area (Å²) in [6.07, 6.45) is 0.728. The van der Waals surface area contributed by atoms with E-state index in [0.29, 0.717) is 6.61 Å². The van der Waals surface area contributed by atoms with Crippen LogP contribution in [0.25, 0.3) is 0 Å². The van der Waals surface area contributed by atoms with E-state index in [2.05, 4.69) is 12.2 Å². The number of amides is 1. The quantitative estimate of drug-likeness (QED) is 0.817. The molecule has 1 aromatic rings. The molecule has 1 aliphatic rings. The van der Waals surface area contributed by atoms with E-state index in [1.54, 1.807) is 7.11 Å². The smallest absolute Gasteiger partial charge is 0.226 e. The van der Waals surface area contributed by atoms with Gasteiger partial charge in [-0.25, -0.2) is 0 Å². The highest BCUT2D eigenvalue weighted by atomic mass is 32.2. The van der Waals surface area contributed by atoms with Crippen LogP contribution in [-0.2, 0) is 11.2 Å². The van der Waals surface area contributed by atoms with Crippen LogP contribution in [0.3, 0.4) is 0 Å². The molecule has 0 saturated heterocycles. The molecular formula is C15H21NO3S. The van der Waals surface area contributed by atoms with Crippen molar-refractivity contribution < 1.29 is 14.3 Å². The Labute approximate surface area is 124 Å². The maximum Gasteiger partial charge on any atom is 0.226 e. The summed E-state index contributed by atoms with van der Waals surface area (Å²) in [5.74, 6) is 3.64. The number of hydrogen-bond donors (Lipinski definition) is 1. The van der Waals surface area contributed by atoms with Crippen molar-refractivity contribution in [3.05, 3.63) is 23.8 Å². The molecule has 4 nitrogen and oxygen atoms in total. The monoisotopic (exact) mass is 295 g/mol. The Morgan fingerprint density at radius 2 is 2.40 bits per heavy atom. The van der Waals surface area contributed by atoms with Crippen molar-refractivity contribution in [2.45, 2.75) is 13.3 Å². The fourth-order valence-corrected chi connectivity index (χ4v) is 2.72. The van der Waals surface area contributed by atoms with Crippen LogP contribution in [0.5, 0.6) is 11.5 Å². The molecule has 20 heavy (non-hydrogen) atoms. The van der Waals surface area contributed by atoms with Crippen molar-refractivity contribution in [1.29, 1.82) is 0 Å². The number of thioether (sulfide) groups is 1. The molecule has 0 aromatic heterocycles. The Morgan fingerprint density at radius 3 is 3.15 bits per heavy atom. The van der Waals surface area contributed by atoms with Crippen LogP contribution in [0.4, 0.5) is 0 Å². The molecule has 0 radical (unpaired) electrons. The molecule has 5 heteroatoms. The average Bonchev–Trinajstić information content (AvgIpc) is 2.50. The van der Waals surface area contributed by atoms with E-state index in [9.17, 15) is 4.79 Å². The Balaban J connectivity index is 1.88. The van der Waals surface area contributed by atoms with Gasteiger partial charge >= 0.3 is 0 Å². The van der Waals surface area contributed by atoms with Gasteiger partial charge < -0.3 is 14.8 Å². The number of nitrogens with one attached hydrogen (secondary N) is 1. The third-order valence-electron chi connectivity index (χ3n) is 3.30. The molecule has 1 heterocycles. The molecule has 0 aliphatic carbocycles. The van der Waals surface area contributed by atoms with Gasteiger partial charge in [-0.3, -0.25) is 4.79 Å². The second kappa shape index (κ2) is 7.43. The van der Waals surface area contributed by atoms with Crippen molar-refractivity contribution in [2.24, 2.45) is 5.92 Å². The molecule has 1 atom stereocenters. The van der Waals surface area contributed by atoms with E-state index in [-0.39, 0.29) is 11.8 Å². The summed E-state index contributed by atoms with van der Waals surface area (Å²) >= 11 is 1.83. The predicted molar refractivity (Wildman–Crippen MR) is 81.7 cm³/mol. The van der Waals surface area contributed by atoms with Crippen molar-refractivity contribution in [3.8, 4) is 11.5 Å². The minimum Gasteiger partial charge on any atom is -0.497 e. The van der Waals surface area contributed by atoms with Gasteiger partial charge in [0.25, 0.3) is 0 Å². The summed E-state index contributed by atoms with van der Waals surface area (Å²) in [4.78, 5) is 12.1. The van der Waals surface area contributed by atoms with Gasteiger partial charge in [-0.05, 0) is 23.8 Å². The number of carbonyl (C=O) groups is 1. The van der Waals surface area contributed by atoms with E-state index in [1.807, 2.05) is 30.0 Å². The van der Waals surface area contributed by atoms with Crippen LogP contribution < -0.4 is 14.8 Å². The summed E-state index contributed by atoms with van der Waals surface area (Å²) in [6.45, 7) is 3.28. The first kappa shape index (κ1) is 15.0. The third-order valence-corrected chi connectivity index (χ3v) is 4.20. The molecule has 110 valence electrons. The lowest BCUT2D eigenvalue weighted by molar-refractivity contribution is -0.126. The lowest BCUT2D eigenvalue weighted by Gasteiger charge is -2.25. The highest BCUT2D eigenvalue weighted by molar-refractivity contribution is 7.99. The van der Waals surface area contributed by atoms with Gasteiger partial charge in [0.2, 0.25) is 5.91 Å². The maximum absolute atomic E-state index is 12.1. The predicted octanol–water partition coefficient (Wildman–Crippen LogP) is 2.12. The molecule has 2 rings (SSSR count). The minimum atomic E-state index is -0.0949. The first-order valence-corrected chi connectivity index (χ1v) is 8.05. The largest absolute Gasteiger partial charge is 0.497 e. The van der Waals surface area contributed by atoms with Crippen molar-refractivity contribution in [3.63, 3.8) is 0 Å². The van der Waals surface area contributed by atoms with Crippen LogP contribution in [0, 0.1) is 5.92 Å². The lowest BCUT2D eigenvalue weighted by atomic mass is 9.96. The molecule has 0 bridgehead atoms. The zero-order valence-electron chi connectivity index (χ0n) is 12.0. The van der Waals surface area contributed by atoms with Gasteiger partial charge in [0.15, 0.2) is 0 Å². The molecule has 1 aliphatic heterocycles.